The number of fused-ring (bicyclic) bond motifs is 2. The predicted octanol–water partition coefficient (Wildman–Crippen LogP) is 4.27. The summed E-state index contributed by atoms with van der Waals surface area (Å²) in [5, 5.41) is 2.37. The van der Waals surface area contributed by atoms with Gasteiger partial charge in [-0.2, -0.15) is 0 Å². The number of nitrogens with zero attached hydrogens (tertiary/aromatic N) is 2. The van der Waals surface area contributed by atoms with Gasteiger partial charge in [0, 0.05) is 0 Å². The SMILES string of the molecule is Cc1cc(-n2[se]c3ccccc3c2=S)c2ccccc2n1. The van der Waals surface area contributed by atoms with E-state index in [1.807, 2.05) is 13.0 Å². The summed E-state index contributed by atoms with van der Waals surface area (Å²) in [6, 6.07) is 18.9. The standard InChI is InChI=1S/C17H12N2SSe/c1-11-10-15(12-6-2-4-8-14(12)18-11)19-17(20)13-7-3-5-9-16(13)21-19/h2-10H,1H3. The summed E-state index contributed by atoms with van der Waals surface area (Å²) >= 11 is 5.90. The molecule has 4 aromatic rings. The second-order valence-corrected chi connectivity index (χ2v) is 7.45. The number of benzene rings is 2. The molecule has 4 rings (SSSR count). The third-order valence-corrected chi connectivity index (χ3v) is 6.53. The Kier molecular flexibility index (Phi) is 3.03. The number of pyridine rings is 1. The van der Waals surface area contributed by atoms with Gasteiger partial charge in [0.25, 0.3) is 0 Å². The first-order valence-corrected chi connectivity index (χ1v) is 8.75. The fourth-order valence-electron chi connectivity index (χ4n) is 2.58. The van der Waals surface area contributed by atoms with E-state index in [9.17, 15) is 0 Å². The van der Waals surface area contributed by atoms with E-state index in [0.29, 0.717) is 0 Å². The van der Waals surface area contributed by atoms with E-state index < -0.39 is 0 Å². The fourth-order valence-corrected chi connectivity index (χ4v) is 5.36. The molecule has 21 heavy (non-hydrogen) atoms. The van der Waals surface area contributed by atoms with Gasteiger partial charge in [0.1, 0.15) is 0 Å². The number of hydrogen-bond acceptors (Lipinski definition) is 2. The van der Waals surface area contributed by atoms with Gasteiger partial charge in [0.2, 0.25) is 0 Å². The summed E-state index contributed by atoms with van der Waals surface area (Å²) in [5.74, 6) is 0. The Balaban J connectivity index is 2.14. The first-order valence-electron chi connectivity index (χ1n) is 6.72. The average Bonchev–Trinajstić information content (AvgIpc) is 2.84. The Labute approximate surface area is 133 Å². The molecule has 0 radical (unpaired) electrons. The molecular weight excluding hydrogens is 343 g/mol. The van der Waals surface area contributed by atoms with Gasteiger partial charge >= 0.3 is 134 Å². The molecule has 2 aromatic carbocycles. The first-order chi connectivity index (χ1) is 10.2. The van der Waals surface area contributed by atoms with Gasteiger partial charge in [-0.1, -0.05) is 0 Å². The van der Waals surface area contributed by atoms with Crippen LogP contribution in [0.3, 0.4) is 0 Å². The van der Waals surface area contributed by atoms with Gasteiger partial charge < -0.3 is 0 Å². The molecule has 0 bridgehead atoms. The van der Waals surface area contributed by atoms with E-state index in [0.717, 1.165) is 15.9 Å². The van der Waals surface area contributed by atoms with Crippen molar-refractivity contribution >= 4 is 47.5 Å². The summed E-state index contributed by atoms with van der Waals surface area (Å²) in [7, 11) is 0. The van der Waals surface area contributed by atoms with Crippen LogP contribution in [0.25, 0.3) is 26.2 Å². The topological polar surface area (TPSA) is 17.8 Å². The summed E-state index contributed by atoms with van der Waals surface area (Å²) in [6.45, 7) is 2.04. The van der Waals surface area contributed by atoms with E-state index in [1.165, 1.54) is 20.7 Å². The maximum absolute atomic E-state index is 5.70. The molecule has 2 aromatic heterocycles. The Morgan fingerprint density at radius 3 is 2.52 bits per heavy atom. The summed E-state index contributed by atoms with van der Waals surface area (Å²) in [5.41, 5.74) is 3.24. The van der Waals surface area contributed by atoms with Gasteiger partial charge in [-0.15, -0.1) is 0 Å². The van der Waals surface area contributed by atoms with Crippen LogP contribution >= 0.6 is 12.2 Å². The number of aryl methyl sites for hydroxylation is 1. The molecule has 0 amide bonds. The maximum atomic E-state index is 5.70. The summed E-state index contributed by atoms with van der Waals surface area (Å²) < 4.78 is 4.57. The Morgan fingerprint density at radius 2 is 1.71 bits per heavy atom. The molecule has 0 spiro atoms. The van der Waals surface area contributed by atoms with Crippen molar-refractivity contribution in [2.75, 3.05) is 0 Å². The van der Waals surface area contributed by atoms with Crippen molar-refractivity contribution in [1.29, 1.82) is 0 Å². The molecule has 0 atom stereocenters. The van der Waals surface area contributed by atoms with Gasteiger partial charge in [0.05, 0.1) is 0 Å². The van der Waals surface area contributed by atoms with Gasteiger partial charge in [-0.25, -0.2) is 0 Å². The Bertz CT molecular complexity index is 1030. The second kappa shape index (κ2) is 4.92. The molecule has 0 saturated heterocycles. The van der Waals surface area contributed by atoms with E-state index >= 15 is 0 Å². The van der Waals surface area contributed by atoms with Crippen molar-refractivity contribution in [2.45, 2.75) is 6.92 Å². The molecule has 0 aliphatic heterocycles. The van der Waals surface area contributed by atoms with Crippen molar-refractivity contribution in [3.05, 3.63) is 64.9 Å². The van der Waals surface area contributed by atoms with Crippen LogP contribution < -0.4 is 0 Å². The minimum atomic E-state index is 0.199. The molecule has 4 heteroatoms. The molecule has 0 fully saturated rings. The van der Waals surface area contributed by atoms with Gasteiger partial charge in [-0.05, 0) is 0 Å². The van der Waals surface area contributed by atoms with E-state index in [1.54, 1.807) is 0 Å². The van der Waals surface area contributed by atoms with Gasteiger partial charge in [-0.3, -0.25) is 0 Å². The molecule has 2 heterocycles. The second-order valence-electron chi connectivity index (χ2n) is 4.99. The van der Waals surface area contributed by atoms with Crippen molar-refractivity contribution in [3.8, 4) is 5.69 Å². The predicted molar refractivity (Wildman–Crippen MR) is 91.1 cm³/mol. The molecule has 0 N–H and O–H groups in total. The Hall–Kier alpha value is -1.74. The van der Waals surface area contributed by atoms with Crippen molar-refractivity contribution in [1.82, 2.24) is 8.55 Å². The average molecular weight is 355 g/mol. The third-order valence-electron chi connectivity index (χ3n) is 3.53. The van der Waals surface area contributed by atoms with Crippen LogP contribution in [0.2, 0.25) is 0 Å². The van der Waals surface area contributed by atoms with Gasteiger partial charge in [0.15, 0.2) is 0 Å². The normalized spacial score (nSPS) is 11.3. The third kappa shape index (κ3) is 2.07. The molecule has 0 aliphatic rings. The van der Waals surface area contributed by atoms with Crippen LogP contribution in [0, 0.1) is 11.6 Å². The van der Waals surface area contributed by atoms with Crippen LogP contribution in [0.5, 0.6) is 0 Å². The van der Waals surface area contributed by atoms with E-state index in [2.05, 4.69) is 57.1 Å². The van der Waals surface area contributed by atoms with E-state index in [4.69, 9.17) is 12.2 Å². The summed E-state index contributed by atoms with van der Waals surface area (Å²) in [4.78, 5) is 4.62. The zero-order valence-electron chi connectivity index (χ0n) is 11.4. The molecule has 0 saturated carbocycles. The zero-order chi connectivity index (χ0) is 14.4. The van der Waals surface area contributed by atoms with Crippen LogP contribution in [-0.2, 0) is 0 Å². The van der Waals surface area contributed by atoms with E-state index in [-0.39, 0.29) is 14.7 Å². The number of rotatable bonds is 1. The molecular formula is C17H12N2SSe. The Morgan fingerprint density at radius 1 is 1.00 bits per heavy atom. The number of hydrogen-bond donors (Lipinski definition) is 0. The number of aromatic nitrogens is 2. The minimum absolute atomic E-state index is 0.199. The van der Waals surface area contributed by atoms with Crippen molar-refractivity contribution in [3.63, 3.8) is 0 Å². The molecule has 0 unspecified atom stereocenters. The zero-order valence-corrected chi connectivity index (χ0v) is 13.9. The molecule has 102 valence electrons. The van der Waals surface area contributed by atoms with Crippen LogP contribution in [0.4, 0.5) is 0 Å². The fraction of sp³-hybridized carbons (Fsp3) is 0.0588. The number of para-hydroxylation sites is 1. The van der Waals surface area contributed by atoms with Crippen molar-refractivity contribution in [2.24, 2.45) is 0 Å². The molecule has 0 aliphatic carbocycles. The van der Waals surface area contributed by atoms with Crippen LogP contribution in [-0.4, -0.2) is 23.3 Å². The summed E-state index contributed by atoms with van der Waals surface area (Å²) in [6.07, 6.45) is 0. The first kappa shape index (κ1) is 13.0. The van der Waals surface area contributed by atoms with Crippen LogP contribution in [0.15, 0.2) is 54.6 Å². The quantitative estimate of drug-likeness (QED) is 0.375. The monoisotopic (exact) mass is 356 g/mol. The molecule has 2 nitrogen and oxygen atoms in total. The van der Waals surface area contributed by atoms with Crippen molar-refractivity contribution < 1.29 is 0 Å². The van der Waals surface area contributed by atoms with Crippen LogP contribution in [0.1, 0.15) is 5.69 Å².